The van der Waals surface area contributed by atoms with Gasteiger partial charge >= 0.3 is 0 Å². The summed E-state index contributed by atoms with van der Waals surface area (Å²) in [5.41, 5.74) is 0.893. The second kappa shape index (κ2) is 3.86. The minimum absolute atomic E-state index is 0. The SMILES string of the molecule is CC1C(=O)N(C(=O)C2CC2)C2=CCN[C@H]21.Cl. The fourth-order valence-corrected chi connectivity index (χ4v) is 2.41. The van der Waals surface area contributed by atoms with E-state index in [1.54, 1.807) is 0 Å². The molecule has 2 atom stereocenters. The topological polar surface area (TPSA) is 49.4 Å². The van der Waals surface area contributed by atoms with E-state index in [4.69, 9.17) is 0 Å². The van der Waals surface area contributed by atoms with Crippen LogP contribution in [0, 0.1) is 11.8 Å². The van der Waals surface area contributed by atoms with Gasteiger partial charge in [-0.3, -0.25) is 14.5 Å². The molecule has 2 amide bonds. The molecule has 3 rings (SSSR count). The molecule has 3 aliphatic rings. The van der Waals surface area contributed by atoms with Crippen molar-refractivity contribution < 1.29 is 9.59 Å². The monoisotopic (exact) mass is 242 g/mol. The number of hydrogen-bond acceptors (Lipinski definition) is 3. The molecule has 4 nitrogen and oxygen atoms in total. The van der Waals surface area contributed by atoms with Crippen LogP contribution >= 0.6 is 12.4 Å². The van der Waals surface area contributed by atoms with Crippen molar-refractivity contribution in [2.75, 3.05) is 6.54 Å². The predicted octanol–water partition coefficient (Wildman–Crippen LogP) is 0.679. The van der Waals surface area contributed by atoms with E-state index in [0.29, 0.717) is 0 Å². The fourth-order valence-electron chi connectivity index (χ4n) is 2.41. The van der Waals surface area contributed by atoms with E-state index < -0.39 is 0 Å². The predicted molar refractivity (Wildman–Crippen MR) is 60.9 cm³/mol. The Morgan fingerprint density at radius 1 is 1.50 bits per heavy atom. The summed E-state index contributed by atoms with van der Waals surface area (Å²) >= 11 is 0. The normalized spacial score (nSPS) is 32.2. The lowest BCUT2D eigenvalue weighted by Gasteiger charge is -2.15. The maximum atomic E-state index is 11.9. The van der Waals surface area contributed by atoms with Gasteiger partial charge in [-0.25, -0.2) is 0 Å². The van der Waals surface area contributed by atoms with Crippen LogP contribution in [0.5, 0.6) is 0 Å². The molecular formula is C11H15ClN2O2. The molecule has 0 aromatic carbocycles. The summed E-state index contributed by atoms with van der Waals surface area (Å²) in [4.78, 5) is 25.3. The zero-order valence-corrected chi connectivity index (χ0v) is 9.92. The Kier molecular flexibility index (Phi) is 2.80. The molecule has 1 saturated heterocycles. The van der Waals surface area contributed by atoms with Gasteiger partial charge in [0.2, 0.25) is 11.8 Å². The molecule has 5 heteroatoms. The minimum Gasteiger partial charge on any atom is -0.304 e. The zero-order chi connectivity index (χ0) is 10.6. The number of halogens is 1. The van der Waals surface area contributed by atoms with Gasteiger partial charge in [0.1, 0.15) is 0 Å². The number of nitrogens with zero attached hydrogens (tertiary/aromatic N) is 1. The van der Waals surface area contributed by atoms with Crippen LogP contribution in [0.15, 0.2) is 11.8 Å². The maximum absolute atomic E-state index is 11.9. The van der Waals surface area contributed by atoms with Gasteiger partial charge in [-0.2, -0.15) is 0 Å². The van der Waals surface area contributed by atoms with Crippen molar-refractivity contribution in [3.8, 4) is 0 Å². The average molecular weight is 243 g/mol. The lowest BCUT2D eigenvalue weighted by Crippen LogP contribution is -2.33. The third-order valence-electron chi connectivity index (χ3n) is 3.48. The van der Waals surface area contributed by atoms with Crippen LogP contribution in [-0.2, 0) is 9.59 Å². The Bertz CT molecular complexity index is 368. The highest BCUT2D eigenvalue weighted by atomic mass is 35.5. The van der Waals surface area contributed by atoms with Crippen molar-refractivity contribution in [1.29, 1.82) is 0 Å². The van der Waals surface area contributed by atoms with Crippen molar-refractivity contribution in [3.63, 3.8) is 0 Å². The van der Waals surface area contributed by atoms with Gasteiger partial charge in [-0.05, 0) is 18.9 Å². The molecule has 16 heavy (non-hydrogen) atoms. The Morgan fingerprint density at radius 2 is 2.19 bits per heavy atom. The molecule has 1 unspecified atom stereocenters. The molecule has 2 fully saturated rings. The Labute approximate surface area is 100 Å². The Hall–Kier alpha value is -0.870. The van der Waals surface area contributed by atoms with E-state index in [1.165, 1.54) is 4.90 Å². The van der Waals surface area contributed by atoms with Gasteiger partial charge in [-0.15, -0.1) is 12.4 Å². The number of nitrogens with one attached hydrogen (secondary N) is 1. The molecular weight excluding hydrogens is 228 g/mol. The molecule has 1 saturated carbocycles. The standard InChI is InChI=1S/C11H14N2O2.ClH/c1-6-9-8(4-5-12-9)13(10(6)14)11(15)7-2-3-7;/h4,6-7,9,12H,2-3,5H2,1H3;1H/t6?,9-;/m0./s1. The second-order valence-electron chi connectivity index (χ2n) is 4.59. The number of rotatable bonds is 1. The van der Waals surface area contributed by atoms with Crippen LogP contribution in [0.3, 0.4) is 0 Å². The largest absolute Gasteiger partial charge is 0.304 e. The summed E-state index contributed by atoms with van der Waals surface area (Å²) in [6, 6.07) is 0.0696. The molecule has 88 valence electrons. The third kappa shape index (κ3) is 1.48. The van der Waals surface area contributed by atoms with Crippen molar-refractivity contribution in [3.05, 3.63) is 11.8 Å². The van der Waals surface area contributed by atoms with Crippen LogP contribution in [0.1, 0.15) is 19.8 Å². The lowest BCUT2D eigenvalue weighted by atomic mass is 10.1. The van der Waals surface area contributed by atoms with Gasteiger partial charge in [0.05, 0.1) is 12.0 Å². The number of hydrogen-bond donors (Lipinski definition) is 1. The highest BCUT2D eigenvalue weighted by Gasteiger charge is 2.49. The number of carbonyl (C=O) groups excluding carboxylic acids is 2. The highest BCUT2D eigenvalue weighted by molar-refractivity contribution is 6.03. The molecule has 0 bridgehead atoms. The molecule has 2 aliphatic heterocycles. The van der Waals surface area contributed by atoms with Crippen LogP contribution in [0.4, 0.5) is 0 Å². The van der Waals surface area contributed by atoms with Crippen molar-refractivity contribution in [2.24, 2.45) is 11.8 Å². The van der Waals surface area contributed by atoms with Crippen molar-refractivity contribution in [2.45, 2.75) is 25.8 Å². The summed E-state index contributed by atoms with van der Waals surface area (Å²) in [5, 5.41) is 3.24. The van der Waals surface area contributed by atoms with Gasteiger partial charge in [0.25, 0.3) is 0 Å². The van der Waals surface area contributed by atoms with E-state index in [0.717, 1.165) is 25.1 Å². The van der Waals surface area contributed by atoms with E-state index in [-0.39, 0.29) is 42.1 Å². The zero-order valence-electron chi connectivity index (χ0n) is 9.10. The van der Waals surface area contributed by atoms with Crippen LogP contribution in [0.2, 0.25) is 0 Å². The number of amides is 2. The first-order valence-electron chi connectivity index (χ1n) is 5.51. The van der Waals surface area contributed by atoms with Crippen LogP contribution in [0.25, 0.3) is 0 Å². The highest BCUT2D eigenvalue weighted by Crippen LogP contribution is 2.37. The summed E-state index contributed by atoms with van der Waals surface area (Å²) in [5.74, 6) is 0.00231. The van der Waals surface area contributed by atoms with Crippen LogP contribution in [-0.4, -0.2) is 29.3 Å². The number of carbonyl (C=O) groups is 2. The first-order valence-corrected chi connectivity index (χ1v) is 5.51. The summed E-state index contributed by atoms with van der Waals surface area (Å²) in [6.45, 7) is 2.66. The molecule has 0 aromatic heterocycles. The number of fused-ring (bicyclic) bond motifs is 1. The summed E-state index contributed by atoms with van der Waals surface area (Å²) in [7, 11) is 0. The molecule has 0 spiro atoms. The molecule has 2 heterocycles. The van der Waals surface area contributed by atoms with E-state index in [9.17, 15) is 9.59 Å². The summed E-state index contributed by atoms with van der Waals surface area (Å²) in [6.07, 6.45) is 3.86. The number of imide groups is 1. The first-order chi connectivity index (χ1) is 7.20. The van der Waals surface area contributed by atoms with Crippen molar-refractivity contribution in [1.82, 2.24) is 10.2 Å². The van der Waals surface area contributed by atoms with Gasteiger partial charge in [0, 0.05) is 18.2 Å². The van der Waals surface area contributed by atoms with Gasteiger partial charge in [0.15, 0.2) is 0 Å². The van der Waals surface area contributed by atoms with E-state index >= 15 is 0 Å². The summed E-state index contributed by atoms with van der Waals surface area (Å²) < 4.78 is 0. The van der Waals surface area contributed by atoms with Gasteiger partial charge in [-0.1, -0.05) is 6.92 Å². The lowest BCUT2D eigenvalue weighted by molar-refractivity contribution is -0.142. The molecule has 0 radical (unpaired) electrons. The Balaban J connectivity index is 0.000000963. The smallest absolute Gasteiger partial charge is 0.238 e. The fraction of sp³-hybridized carbons (Fsp3) is 0.636. The quantitative estimate of drug-likeness (QED) is 0.688. The second-order valence-corrected chi connectivity index (χ2v) is 4.59. The molecule has 1 N–H and O–H groups in total. The van der Waals surface area contributed by atoms with E-state index in [2.05, 4.69) is 5.32 Å². The van der Waals surface area contributed by atoms with Crippen LogP contribution < -0.4 is 5.32 Å². The maximum Gasteiger partial charge on any atom is 0.238 e. The third-order valence-corrected chi connectivity index (χ3v) is 3.48. The Morgan fingerprint density at radius 3 is 2.81 bits per heavy atom. The molecule has 0 aromatic rings. The average Bonchev–Trinajstić information content (AvgIpc) is 2.92. The molecule has 1 aliphatic carbocycles. The number of likely N-dealkylation sites (tertiary alicyclic amines) is 1. The first kappa shape index (κ1) is 11.6. The van der Waals surface area contributed by atoms with Gasteiger partial charge < -0.3 is 5.32 Å². The van der Waals surface area contributed by atoms with Crippen molar-refractivity contribution >= 4 is 24.2 Å². The minimum atomic E-state index is -0.0959. The van der Waals surface area contributed by atoms with E-state index in [1.807, 2.05) is 13.0 Å².